The van der Waals surface area contributed by atoms with Crippen LogP contribution < -0.4 is 4.74 Å². The van der Waals surface area contributed by atoms with E-state index in [1.807, 2.05) is 54.6 Å². The molecule has 2 aromatic rings. The molecule has 0 atom stereocenters. The Morgan fingerprint density at radius 1 is 1.00 bits per heavy atom. The van der Waals surface area contributed by atoms with Crippen LogP contribution in [0.3, 0.4) is 0 Å². The molecule has 0 saturated carbocycles. The third kappa shape index (κ3) is 3.50. The monoisotopic (exact) mass is 261 g/mol. The molecule has 0 aliphatic carbocycles. The minimum Gasteiger partial charge on any atom is -0.457 e. The van der Waals surface area contributed by atoms with Crippen LogP contribution in [0.25, 0.3) is 0 Å². The number of para-hydroxylation sites is 1. The van der Waals surface area contributed by atoms with Gasteiger partial charge in [0.2, 0.25) is 0 Å². The number of nitrogens with zero attached hydrogens (tertiary/aromatic N) is 1. The summed E-state index contributed by atoms with van der Waals surface area (Å²) in [5, 5.41) is 11.6. The molecule has 2 rings (SSSR count). The molecule has 0 amide bonds. The highest BCUT2D eigenvalue weighted by molar-refractivity contribution is 6.65. The lowest BCUT2D eigenvalue weighted by molar-refractivity contribution is 0.319. The molecule has 92 valence electrons. The summed E-state index contributed by atoms with van der Waals surface area (Å²) >= 11 is 5.64. The molecule has 0 unspecified atom stereocenters. The van der Waals surface area contributed by atoms with Crippen LogP contribution >= 0.6 is 11.6 Å². The van der Waals surface area contributed by atoms with Crippen molar-refractivity contribution in [3.8, 4) is 11.5 Å². The maximum atomic E-state index is 8.48. The first-order valence-corrected chi connectivity index (χ1v) is 5.84. The van der Waals surface area contributed by atoms with Gasteiger partial charge in [0, 0.05) is 6.42 Å². The zero-order valence-electron chi connectivity index (χ0n) is 9.58. The van der Waals surface area contributed by atoms with Crippen molar-refractivity contribution < 1.29 is 9.94 Å². The summed E-state index contributed by atoms with van der Waals surface area (Å²) in [5.74, 6) is 1.54. The van der Waals surface area contributed by atoms with Crippen molar-refractivity contribution in [1.29, 1.82) is 0 Å². The zero-order valence-corrected chi connectivity index (χ0v) is 10.3. The Labute approximate surface area is 110 Å². The van der Waals surface area contributed by atoms with E-state index < -0.39 is 0 Å². The van der Waals surface area contributed by atoms with Crippen LogP contribution in [0, 0.1) is 0 Å². The smallest absolute Gasteiger partial charge is 0.149 e. The summed E-state index contributed by atoms with van der Waals surface area (Å²) in [6.45, 7) is 0. The third-order valence-corrected chi connectivity index (χ3v) is 2.57. The maximum Gasteiger partial charge on any atom is 0.149 e. The quantitative estimate of drug-likeness (QED) is 0.513. The first-order chi connectivity index (χ1) is 8.78. The van der Waals surface area contributed by atoms with Crippen LogP contribution in [-0.2, 0) is 6.42 Å². The number of ether oxygens (including phenoxy) is 1. The normalized spacial score (nSPS) is 11.3. The van der Waals surface area contributed by atoms with Gasteiger partial charge in [0.1, 0.15) is 16.7 Å². The molecule has 0 aromatic heterocycles. The van der Waals surface area contributed by atoms with Crippen LogP contribution in [0.2, 0.25) is 0 Å². The van der Waals surface area contributed by atoms with E-state index in [4.69, 9.17) is 21.5 Å². The van der Waals surface area contributed by atoms with Gasteiger partial charge in [-0.05, 0) is 29.8 Å². The van der Waals surface area contributed by atoms with E-state index in [0.29, 0.717) is 6.42 Å². The van der Waals surface area contributed by atoms with Crippen molar-refractivity contribution in [1.82, 2.24) is 0 Å². The van der Waals surface area contributed by atoms with E-state index in [1.54, 1.807) is 0 Å². The van der Waals surface area contributed by atoms with E-state index in [9.17, 15) is 0 Å². The van der Waals surface area contributed by atoms with Gasteiger partial charge in [-0.15, -0.1) is 0 Å². The van der Waals surface area contributed by atoms with Crippen LogP contribution in [0.4, 0.5) is 0 Å². The van der Waals surface area contributed by atoms with E-state index in [0.717, 1.165) is 17.1 Å². The molecule has 0 saturated heterocycles. The summed E-state index contributed by atoms with van der Waals surface area (Å²) in [7, 11) is 0. The standard InChI is InChI=1S/C14H12ClNO2/c15-14(16-17)10-11-6-8-13(9-7-11)18-12-4-2-1-3-5-12/h1-9,17H,10H2/b16-14+. The Balaban J connectivity index is 2.04. The lowest BCUT2D eigenvalue weighted by Crippen LogP contribution is -1.94. The molecule has 18 heavy (non-hydrogen) atoms. The van der Waals surface area contributed by atoms with Gasteiger partial charge in [0.25, 0.3) is 0 Å². The van der Waals surface area contributed by atoms with Gasteiger partial charge in [0.05, 0.1) is 0 Å². The van der Waals surface area contributed by atoms with Gasteiger partial charge < -0.3 is 9.94 Å². The average Bonchev–Trinajstić information content (AvgIpc) is 2.42. The minimum atomic E-state index is 0.159. The number of oxime groups is 1. The first-order valence-electron chi connectivity index (χ1n) is 5.46. The Bertz CT molecular complexity index is 523. The highest BCUT2D eigenvalue weighted by Crippen LogP contribution is 2.21. The van der Waals surface area contributed by atoms with Crippen molar-refractivity contribution in [3.05, 3.63) is 60.2 Å². The number of rotatable bonds is 4. The molecule has 2 aromatic carbocycles. The first kappa shape index (κ1) is 12.5. The molecule has 1 N–H and O–H groups in total. The third-order valence-electron chi connectivity index (χ3n) is 2.36. The van der Waals surface area contributed by atoms with Crippen molar-refractivity contribution in [2.75, 3.05) is 0 Å². The molecule has 0 radical (unpaired) electrons. The fourth-order valence-corrected chi connectivity index (χ4v) is 1.66. The van der Waals surface area contributed by atoms with Crippen molar-refractivity contribution >= 4 is 16.8 Å². The van der Waals surface area contributed by atoms with Crippen molar-refractivity contribution in [3.63, 3.8) is 0 Å². The van der Waals surface area contributed by atoms with Crippen LogP contribution in [0.15, 0.2) is 59.8 Å². The second kappa shape index (κ2) is 6.07. The predicted molar refractivity (Wildman–Crippen MR) is 71.7 cm³/mol. The Kier molecular flexibility index (Phi) is 4.20. The van der Waals surface area contributed by atoms with Crippen molar-refractivity contribution in [2.24, 2.45) is 5.16 Å². The van der Waals surface area contributed by atoms with Crippen molar-refractivity contribution in [2.45, 2.75) is 6.42 Å². The average molecular weight is 262 g/mol. The van der Waals surface area contributed by atoms with Gasteiger partial charge >= 0.3 is 0 Å². The summed E-state index contributed by atoms with van der Waals surface area (Å²) < 4.78 is 5.65. The SMILES string of the molecule is O/N=C(/Cl)Cc1ccc(Oc2ccccc2)cc1. The molecule has 0 aliphatic rings. The summed E-state index contributed by atoms with van der Waals surface area (Å²) in [6, 6.07) is 17.0. The Morgan fingerprint density at radius 3 is 2.22 bits per heavy atom. The van der Waals surface area contributed by atoms with Gasteiger partial charge in [0.15, 0.2) is 0 Å². The maximum absolute atomic E-state index is 8.48. The fourth-order valence-electron chi connectivity index (χ4n) is 1.50. The molecule has 3 nitrogen and oxygen atoms in total. The second-order valence-corrected chi connectivity index (χ2v) is 4.15. The van der Waals surface area contributed by atoms with E-state index in [-0.39, 0.29) is 5.17 Å². The van der Waals surface area contributed by atoms with E-state index >= 15 is 0 Å². The molecule has 0 heterocycles. The zero-order chi connectivity index (χ0) is 12.8. The summed E-state index contributed by atoms with van der Waals surface area (Å²) in [5.41, 5.74) is 0.957. The minimum absolute atomic E-state index is 0.159. The summed E-state index contributed by atoms with van der Waals surface area (Å²) in [4.78, 5) is 0. The predicted octanol–water partition coefficient (Wildman–Crippen LogP) is 4.05. The lowest BCUT2D eigenvalue weighted by atomic mass is 10.1. The van der Waals surface area contributed by atoms with Crippen LogP contribution in [0.5, 0.6) is 11.5 Å². The second-order valence-electron chi connectivity index (χ2n) is 3.71. The molecule has 0 aliphatic heterocycles. The van der Waals surface area contributed by atoms with Gasteiger partial charge in [-0.2, -0.15) is 0 Å². The van der Waals surface area contributed by atoms with E-state index in [2.05, 4.69) is 5.16 Å². The van der Waals surface area contributed by atoms with Crippen LogP contribution in [0.1, 0.15) is 5.56 Å². The van der Waals surface area contributed by atoms with Gasteiger partial charge in [-0.25, -0.2) is 0 Å². The molecule has 0 fully saturated rings. The Morgan fingerprint density at radius 2 is 1.61 bits per heavy atom. The topological polar surface area (TPSA) is 41.8 Å². The Hall–Kier alpha value is -2.00. The van der Waals surface area contributed by atoms with Crippen LogP contribution in [-0.4, -0.2) is 10.4 Å². The number of halogens is 1. The lowest BCUT2D eigenvalue weighted by Gasteiger charge is -2.06. The molecular formula is C14H12ClNO2. The highest BCUT2D eigenvalue weighted by Gasteiger charge is 2.00. The highest BCUT2D eigenvalue weighted by atomic mass is 35.5. The molecular weight excluding hydrogens is 250 g/mol. The number of hydrogen-bond acceptors (Lipinski definition) is 3. The molecule has 4 heteroatoms. The van der Waals surface area contributed by atoms with E-state index in [1.165, 1.54) is 0 Å². The molecule has 0 spiro atoms. The number of benzene rings is 2. The summed E-state index contributed by atoms with van der Waals surface area (Å²) in [6.07, 6.45) is 0.406. The fraction of sp³-hybridized carbons (Fsp3) is 0.0714. The largest absolute Gasteiger partial charge is 0.457 e. The molecule has 0 bridgehead atoms. The van der Waals surface area contributed by atoms with Gasteiger partial charge in [-0.3, -0.25) is 0 Å². The van der Waals surface area contributed by atoms with Gasteiger partial charge in [-0.1, -0.05) is 47.1 Å². The number of hydrogen-bond donors (Lipinski definition) is 1.